The maximum absolute atomic E-state index is 9.18. The molecule has 110 valence electrons. The lowest BCUT2D eigenvalue weighted by Gasteiger charge is -2.08. The fourth-order valence-corrected chi connectivity index (χ4v) is 2.72. The minimum absolute atomic E-state index is 0.166. The molecule has 1 N–H and O–H groups in total. The first-order chi connectivity index (χ1) is 9.86. The smallest absolute Gasteiger partial charge is 0.112 e. The first-order valence-electron chi connectivity index (χ1n) is 7.91. The van der Waals surface area contributed by atoms with E-state index in [1.807, 2.05) is 12.1 Å². The van der Waals surface area contributed by atoms with Crippen LogP contribution in [-0.2, 0) is 13.0 Å². The van der Waals surface area contributed by atoms with E-state index >= 15 is 0 Å². The molecule has 2 rings (SSSR count). The van der Waals surface area contributed by atoms with Crippen molar-refractivity contribution >= 4 is 11.0 Å². The number of aryl methyl sites for hydroxylation is 1. The average molecular weight is 274 g/mol. The Morgan fingerprint density at radius 1 is 1.05 bits per heavy atom. The summed E-state index contributed by atoms with van der Waals surface area (Å²) in [5.41, 5.74) is 2.24. The van der Waals surface area contributed by atoms with Crippen LogP contribution in [0.25, 0.3) is 11.0 Å². The van der Waals surface area contributed by atoms with Crippen molar-refractivity contribution in [2.45, 2.75) is 58.4 Å². The Labute approximate surface area is 121 Å². The molecule has 1 heterocycles. The van der Waals surface area contributed by atoms with Gasteiger partial charge in [0.05, 0.1) is 17.6 Å². The second-order valence-electron chi connectivity index (χ2n) is 5.41. The number of nitrogens with zero attached hydrogens (tertiary/aromatic N) is 2. The van der Waals surface area contributed by atoms with Gasteiger partial charge in [-0.25, -0.2) is 4.98 Å². The zero-order chi connectivity index (χ0) is 14.2. The van der Waals surface area contributed by atoms with Gasteiger partial charge >= 0.3 is 0 Å². The lowest BCUT2D eigenvalue weighted by atomic mass is 10.1. The van der Waals surface area contributed by atoms with Crippen molar-refractivity contribution in [3.63, 3.8) is 0 Å². The van der Waals surface area contributed by atoms with Crippen molar-refractivity contribution in [2.24, 2.45) is 0 Å². The minimum Gasteiger partial charge on any atom is -0.396 e. The van der Waals surface area contributed by atoms with Crippen LogP contribution in [0, 0.1) is 0 Å². The second kappa shape index (κ2) is 8.05. The Morgan fingerprint density at radius 3 is 2.60 bits per heavy atom. The standard InChI is InChI=1S/C17H26N2O/c1-2-3-4-5-6-9-13-19-16-11-8-7-10-15(16)18-17(19)12-14-20/h7-8,10-11,20H,2-6,9,12-14H2,1H3. The summed E-state index contributed by atoms with van der Waals surface area (Å²) in [6.07, 6.45) is 8.45. The molecule has 20 heavy (non-hydrogen) atoms. The van der Waals surface area contributed by atoms with Crippen LogP contribution in [0.1, 0.15) is 51.3 Å². The fourth-order valence-electron chi connectivity index (χ4n) is 2.72. The molecule has 3 nitrogen and oxygen atoms in total. The van der Waals surface area contributed by atoms with E-state index in [1.165, 1.54) is 44.0 Å². The van der Waals surface area contributed by atoms with Gasteiger partial charge in [0.2, 0.25) is 0 Å². The van der Waals surface area contributed by atoms with E-state index in [0.29, 0.717) is 6.42 Å². The monoisotopic (exact) mass is 274 g/mol. The quantitative estimate of drug-likeness (QED) is 0.703. The zero-order valence-electron chi connectivity index (χ0n) is 12.5. The molecule has 0 fully saturated rings. The molecule has 0 aliphatic carbocycles. The molecular formula is C17H26N2O. The van der Waals surface area contributed by atoms with E-state index in [1.54, 1.807) is 0 Å². The summed E-state index contributed by atoms with van der Waals surface area (Å²) in [4.78, 5) is 4.63. The van der Waals surface area contributed by atoms with Crippen LogP contribution in [0.5, 0.6) is 0 Å². The van der Waals surface area contributed by atoms with Crippen LogP contribution in [0.4, 0.5) is 0 Å². The van der Waals surface area contributed by atoms with Gasteiger partial charge < -0.3 is 9.67 Å². The van der Waals surface area contributed by atoms with Gasteiger partial charge in [-0.1, -0.05) is 51.2 Å². The highest BCUT2D eigenvalue weighted by atomic mass is 16.3. The molecule has 1 aromatic carbocycles. The number of unbranched alkanes of at least 4 members (excludes halogenated alkanes) is 5. The van der Waals surface area contributed by atoms with Gasteiger partial charge in [0.25, 0.3) is 0 Å². The molecule has 0 atom stereocenters. The fraction of sp³-hybridized carbons (Fsp3) is 0.588. The average Bonchev–Trinajstić information content (AvgIpc) is 2.81. The molecule has 0 saturated heterocycles. The molecule has 1 aromatic heterocycles. The number of hydrogen-bond donors (Lipinski definition) is 1. The summed E-state index contributed by atoms with van der Waals surface area (Å²) in [7, 11) is 0. The summed E-state index contributed by atoms with van der Waals surface area (Å²) >= 11 is 0. The molecule has 0 amide bonds. The topological polar surface area (TPSA) is 38.0 Å². The highest BCUT2D eigenvalue weighted by Gasteiger charge is 2.09. The Bertz CT molecular complexity index is 519. The SMILES string of the molecule is CCCCCCCCn1c(CCO)nc2ccccc21. The van der Waals surface area contributed by atoms with Crippen LogP contribution >= 0.6 is 0 Å². The number of imidazole rings is 1. The Balaban J connectivity index is 1.98. The van der Waals surface area contributed by atoms with Gasteiger partial charge in [0.15, 0.2) is 0 Å². The van der Waals surface area contributed by atoms with Crippen molar-refractivity contribution in [1.82, 2.24) is 9.55 Å². The Morgan fingerprint density at radius 2 is 1.80 bits per heavy atom. The lowest BCUT2D eigenvalue weighted by Crippen LogP contribution is -2.06. The van der Waals surface area contributed by atoms with Crippen molar-refractivity contribution < 1.29 is 5.11 Å². The Kier molecular flexibility index (Phi) is 6.06. The molecule has 0 saturated carbocycles. The van der Waals surface area contributed by atoms with E-state index in [4.69, 9.17) is 0 Å². The molecule has 3 heteroatoms. The van der Waals surface area contributed by atoms with E-state index in [0.717, 1.165) is 17.9 Å². The van der Waals surface area contributed by atoms with Gasteiger partial charge in [-0.15, -0.1) is 0 Å². The lowest BCUT2D eigenvalue weighted by molar-refractivity contribution is 0.294. The third kappa shape index (κ3) is 3.83. The number of fused-ring (bicyclic) bond motifs is 1. The molecule has 0 aliphatic rings. The van der Waals surface area contributed by atoms with Crippen molar-refractivity contribution in [2.75, 3.05) is 6.61 Å². The number of aliphatic hydroxyl groups excluding tert-OH is 1. The van der Waals surface area contributed by atoms with Gasteiger partial charge in [-0.2, -0.15) is 0 Å². The first-order valence-corrected chi connectivity index (χ1v) is 7.91. The van der Waals surface area contributed by atoms with Crippen LogP contribution < -0.4 is 0 Å². The molecule has 0 unspecified atom stereocenters. The third-order valence-corrected chi connectivity index (χ3v) is 3.80. The van der Waals surface area contributed by atoms with E-state index < -0.39 is 0 Å². The van der Waals surface area contributed by atoms with Crippen LogP contribution in [0.2, 0.25) is 0 Å². The van der Waals surface area contributed by atoms with Crippen molar-refractivity contribution in [1.29, 1.82) is 0 Å². The predicted molar refractivity (Wildman–Crippen MR) is 83.9 cm³/mol. The maximum Gasteiger partial charge on any atom is 0.112 e. The Hall–Kier alpha value is -1.35. The van der Waals surface area contributed by atoms with Crippen LogP contribution in [0.15, 0.2) is 24.3 Å². The van der Waals surface area contributed by atoms with E-state index in [-0.39, 0.29) is 6.61 Å². The summed E-state index contributed by atoms with van der Waals surface area (Å²) < 4.78 is 2.28. The number of aromatic nitrogens is 2. The number of benzene rings is 1. The van der Waals surface area contributed by atoms with E-state index in [2.05, 4.69) is 28.6 Å². The highest BCUT2D eigenvalue weighted by Crippen LogP contribution is 2.18. The van der Waals surface area contributed by atoms with Crippen LogP contribution in [0.3, 0.4) is 0 Å². The van der Waals surface area contributed by atoms with E-state index in [9.17, 15) is 5.11 Å². The first kappa shape index (κ1) is 15.0. The number of para-hydroxylation sites is 2. The van der Waals surface area contributed by atoms with Gasteiger partial charge in [-0.3, -0.25) is 0 Å². The predicted octanol–water partition coefficient (Wildman–Crippen LogP) is 3.93. The normalized spacial score (nSPS) is 11.3. The largest absolute Gasteiger partial charge is 0.396 e. The molecular weight excluding hydrogens is 248 g/mol. The number of rotatable bonds is 9. The number of aliphatic hydroxyl groups is 1. The van der Waals surface area contributed by atoms with Gasteiger partial charge in [0.1, 0.15) is 5.82 Å². The molecule has 0 radical (unpaired) electrons. The zero-order valence-corrected chi connectivity index (χ0v) is 12.5. The van der Waals surface area contributed by atoms with Crippen LogP contribution in [-0.4, -0.2) is 21.3 Å². The summed E-state index contributed by atoms with van der Waals surface area (Å²) in [6, 6.07) is 8.26. The molecule has 0 bridgehead atoms. The minimum atomic E-state index is 0.166. The van der Waals surface area contributed by atoms with Crippen molar-refractivity contribution in [3.05, 3.63) is 30.1 Å². The maximum atomic E-state index is 9.18. The van der Waals surface area contributed by atoms with Gasteiger partial charge in [0, 0.05) is 13.0 Å². The van der Waals surface area contributed by atoms with Crippen molar-refractivity contribution in [3.8, 4) is 0 Å². The highest BCUT2D eigenvalue weighted by molar-refractivity contribution is 5.75. The molecule has 0 aliphatic heterocycles. The second-order valence-corrected chi connectivity index (χ2v) is 5.41. The molecule has 2 aromatic rings. The summed E-state index contributed by atoms with van der Waals surface area (Å²) in [5.74, 6) is 1.02. The third-order valence-electron chi connectivity index (χ3n) is 3.80. The summed E-state index contributed by atoms with van der Waals surface area (Å²) in [6.45, 7) is 3.43. The number of hydrogen-bond acceptors (Lipinski definition) is 2. The summed E-state index contributed by atoms with van der Waals surface area (Å²) in [5, 5.41) is 9.18. The molecule has 0 spiro atoms. The van der Waals surface area contributed by atoms with Gasteiger partial charge in [-0.05, 0) is 18.6 Å².